The minimum Gasteiger partial charge on any atom is -0.382 e. The van der Waals surface area contributed by atoms with Crippen molar-refractivity contribution in [3.63, 3.8) is 0 Å². The molecular weight excluding hydrogens is 485 g/mol. The van der Waals surface area contributed by atoms with E-state index in [1.54, 1.807) is 7.11 Å². The molecular formula is C19H38IN7O2. The maximum absolute atomic E-state index is 5.52. The molecule has 2 rings (SSSR count). The third-order valence-corrected chi connectivity index (χ3v) is 5.16. The van der Waals surface area contributed by atoms with Gasteiger partial charge in [0, 0.05) is 39.9 Å². The number of halogens is 1. The molecule has 1 aliphatic rings. The molecule has 10 heteroatoms. The zero-order chi connectivity index (χ0) is 20.2. The van der Waals surface area contributed by atoms with Gasteiger partial charge in [-0.1, -0.05) is 6.92 Å². The van der Waals surface area contributed by atoms with Gasteiger partial charge in [-0.05, 0) is 39.3 Å². The van der Waals surface area contributed by atoms with Crippen LogP contribution in [-0.2, 0) is 23.1 Å². The minimum absolute atomic E-state index is 0. The molecule has 29 heavy (non-hydrogen) atoms. The summed E-state index contributed by atoms with van der Waals surface area (Å²) in [6.07, 6.45) is 3.43. The van der Waals surface area contributed by atoms with Crippen molar-refractivity contribution in [2.24, 2.45) is 12.0 Å². The average Bonchev–Trinajstić information content (AvgIpc) is 3.29. The van der Waals surface area contributed by atoms with E-state index in [2.05, 4.69) is 32.7 Å². The first kappa shape index (κ1) is 26.1. The van der Waals surface area contributed by atoms with Crippen LogP contribution >= 0.6 is 24.0 Å². The van der Waals surface area contributed by atoms with Crippen LogP contribution in [-0.4, -0.2) is 84.8 Å². The van der Waals surface area contributed by atoms with Crippen molar-refractivity contribution in [3.8, 4) is 0 Å². The predicted molar refractivity (Wildman–Crippen MR) is 126 cm³/mol. The van der Waals surface area contributed by atoms with Crippen LogP contribution in [0.4, 0.5) is 0 Å². The topological polar surface area (TPSA) is 88.8 Å². The van der Waals surface area contributed by atoms with E-state index >= 15 is 0 Å². The van der Waals surface area contributed by atoms with Gasteiger partial charge < -0.3 is 24.7 Å². The summed E-state index contributed by atoms with van der Waals surface area (Å²) in [6.45, 7) is 10.7. The fourth-order valence-corrected chi connectivity index (χ4v) is 3.30. The van der Waals surface area contributed by atoms with Gasteiger partial charge in [0.1, 0.15) is 12.4 Å². The molecule has 9 nitrogen and oxygen atoms in total. The number of rotatable bonds is 12. The molecule has 0 spiro atoms. The summed E-state index contributed by atoms with van der Waals surface area (Å²) >= 11 is 0. The minimum atomic E-state index is 0. The largest absolute Gasteiger partial charge is 0.382 e. The molecule has 1 fully saturated rings. The molecule has 0 radical (unpaired) electrons. The summed E-state index contributed by atoms with van der Waals surface area (Å²) in [7, 11) is 3.65. The van der Waals surface area contributed by atoms with Crippen LogP contribution in [0.25, 0.3) is 0 Å². The molecule has 0 aromatic carbocycles. The van der Waals surface area contributed by atoms with Crippen LogP contribution < -0.4 is 10.6 Å². The first-order chi connectivity index (χ1) is 13.7. The molecule has 1 atom stereocenters. The van der Waals surface area contributed by atoms with Crippen molar-refractivity contribution in [3.05, 3.63) is 11.6 Å². The van der Waals surface area contributed by atoms with E-state index in [4.69, 9.17) is 14.5 Å². The summed E-state index contributed by atoms with van der Waals surface area (Å²) in [6, 6.07) is 0.575. The lowest BCUT2D eigenvalue weighted by Gasteiger charge is -2.24. The second-order valence-electron chi connectivity index (χ2n) is 7.08. The van der Waals surface area contributed by atoms with Crippen LogP contribution in [0.2, 0.25) is 0 Å². The van der Waals surface area contributed by atoms with Gasteiger partial charge in [-0.25, -0.2) is 4.99 Å². The SMILES string of the molecule is CCN1CCCC1CNC(=NCc1nnc(C)n1C)NCCCOCCOC.I. The standard InChI is InChI=1S/C19H37N7O2.HI/c1-5-26-10-6-8-17(26)14-21-19(20-9-7-11-28-13-12-27-4)22-15-18-24-23-16(2)25(18)3;/h17H,5-15H2,1-4H3,(H2,20,21,22);1H. The molecule has 168 valence electrons. The fraction of sp³-hybridized carbons (Fsp3) is 0.842. The number of methoxy groups -OCH3 is 1. The molecule has 1 aromatic rings. The number of nitrogens with zero attached hydrogens (tertiary/aromatic N) is 5. The monoisotopic (exact) mass is 523 g/mol. The number of ether oxygens (including phenoxy) is 2. The van der Waals surface area contributed by atoms with Gasteiger partial charge >= 0.3 is 0 Å². The first-order valence-electron chi connectivity index (χ1n) is 10.3. The van der Waals surface area contributed by atoms with Gasteiger partial charge in [-0.15, -0.1) is 34.2 Å². The Labute approximate surface area is 192 Å². The van der Waals surface area contributed by atoms with Crippen molar-refractivity contribution < 1.29 is 9.47 Å². The number of aliphatic imine (C=N–C) groups is 1. The molecule has 0 bridgehead atoms. The van der Waals surface area contributed by atoms with Gasteiger partial charge in [-0.2, -0.15) is 0 Å². The maximum Gasteiger partial charge on any atom is 0.191 e. The Morgan fingerprint density at radius 3 is 2.76 bits per heavy atom. The quantitative estimate of drug-likeness (QED) is 0.185. The highest BCUT2D eigenvalue weighted by molar-refractivity contribution is 14.0. The van der Waals surface area contributed by atoms with Crippen molar-refractivity contribution in [1.82, 2.24) is 30.3 Å². The predicted octanol–water partition coefficient (Wildman–Crippen LogP) is 1.31. The van der Waals surface area contributed by atoms with Gasteiger partial charge in [0.2, 0.25) is 0 Å². The number of hydrogen-bond acceptors (Lipinski definition) is 6. The summed E-state index contributed by atoms with van der Waals surface area (Å²) < 4.78 is 12.5. The van der Waals surface area contributed by atoms with E-state index in [-0.39, 0.29) is 24.0 Å². The third-order valence-electron chi connectivity index (χ3n) is 5.16. The van der Waals surface area contributed by atoms with Crippen LogP contribution in [0.1, 0.15) is 37.8 Å². The summed E-state index contributed by atoms with van der Waals surface area (Å²) in [5.74, 6) is 2.57. The second-order valence-corrected chi connectivity index (χ2v) is 7.08. The number of aromatic nitrogens is 3. The molecule has 0 aliphatic carbocycles. The molecule has 0 amide bonds. The lowest BCUT2D eigenvalue weighted by Crippen LogP contribution is -2.45. The van der Waals surface area contributed by atoms with Crippen LogP contribution in [0.15, 0.2) is 4.99 Å². The maximum atomic E-state index is 5.52. The van der Waals surface area contributed by atoms with Crippen LogP contribution in [0.3, 0.4) is 0 Å². The Morgan fingerprint density at radius 1 is 1.24 bits per heavy atom. The Morgan fingerprint density at radius 2 is 2.07 bits per heavy atom. The number of guanidine groups is 1. The molecule has 1 aliphatic heterocycles. The molecule has 1 aromatic heterocycles. The first-order valence-corrected chi connectivity index (χ1v) is 10.3. The summed E-state index contributed by atoms with van der Waals surface area (Å²) in [4.78, 5) is 7.25. The van der Waals surface area contributed by atoms with E-state index in [0.717, 1.165) is 43.7 Å². The smallest absolute Gasteiger partial charge is 0.191 e. The van der Waals surface area contributed by atoms with E-state index in [0.29, 0.717) is 32.4 Å². The van der Waals surface area contributed by atoms with Gasteiger partial charge in [0.15, 0.2) is 11.8 Å². The van der Waals surface area contributed by atoms with Crippen molar-refractivity contribution in [2.45, 2.75) is 45.7 Å². The number of likely N-dealkylation sites (N-methyl/N-ethyl adjacent to an activating group) is 1. The molecule has 2 N–H and O–H groups in total. The van der Waals surface area contributed by atoms with E-state index in [1.165, 1.54) is 19.4 Å². The number of likely N-dealkylation sites (tertiary alicyclic amines) is 1. The van der Waals surface area contributed by atoms with Crippen molar-refractivity contribution in [1.29, 1.82) is 0 Å². The zero-order valence-corrected chi connectivity index (χ0v) is 20.6. The molecule has 1 saturated heterocycles. The Bertz CT molecular complexity index is 597. The van der Waals surface area contributed by atoms with E-state index in [9.17, 15) is 0 Å². The molecule has 1 unspecified atom stereocenters. The molecule has 0 saturated carbocycles. The summed E-state index contributed by atoms with van der Waals surface area (Å²) in [5, 5.41) is 15.2. The zero-order valence-electron chi connectivity index (χ0n) is 18.3. The van der Waals surface area contributed by atoms with Gasteiger partial charge in [-0.3, -0.25) is 4.90 Å². The van der Waals surface area contributed by atoms with E-state index in [1.807, 2.05) is 18.5 Å². The highest BCUT2D eigenvalue weighted by atomic mass is 127. The fourth-order valence-electron chi connectivity index (χ4n) is 3.30. The molecule has 2 heterocycles. The van der Waals surface area contributed by atoms with Crippen LogP contribution in [0.5, 0.6) is 0 Å². The highest BCUT2D eigenvalue weighted by Gasteiger charge is 2.22. The Balaban J connectivity index is 0.00000420. The van der Waals surface area contributed by atoms with Crippen molar-refractivity contribution >= 4 is 29.9 Å². The highest BCUT2D eigenvalue weighted by Crippen LogP contribution is 2.15. The number of aryl methyl sites for hydroxylation is 1. The normalized spacial score (nSPS) is 17.4. The number of nitrogens with one attached hydrogen (secondary N) is 2. The summed E-state index contributed by atoms with van der Waals surface area (Å²) in [5.41, 5.74) is 0. The van der Waals surface area contributed by atoms with Gasteiger partial charge in [0.25, 0.3) is 0 Å². The average molecular weight is 523 g/mol. The van der Waals surface area contributed by atoms with Gasteiger partial charge in [0.05, 0.1) is 13.2 Å². The Hall–Kier alpha value is -0.980. The van der Waals surface area contributed by atoms with Crippen LogP contribution in [0, 0.1) is 6.92 Å². The lowest BCUT2D eigenvalue weighted by atomic mass is 10.2. The lowest BCUT2D eigenvalue weighted by molar-refractivity contribution is 0.0698. The third kappa shape index (κ3) is 9.14. The van der Waals surface area contributed by atoms with E-state index < -0.39 is 0 Å². The second kappa shape index (κ2) is 14.9. The number of hydrogen-bond donors (Lipinski definition) is 2. The Kier molecular flexibility index (Phi) is 13.4. The van der Waals surface area contributed by atoms with Crippen molar-refractivity contribution in [2.75, 3.05) is 53.1 Å².